The van der Waals surface area contributed by atoms with Gasteiger partial charge in [-0.1, -0.05) is 11.6 Å². The lowest BCUT2D eigenvalue weighted by Crippen LogP contribution is -2.17. The average Bonchev–Trinajstić information content (AvgIpc) is 3.43. The molecule has 2 N–H and O–H groups in total. The van der Waals surface area contributed by atoms with Gasteiger partial charge in [-0.3, -0.25) is 14.6 Å². The minimum atomic E-state index is -3.70. The largest absolute Gasteiger partial charge is 0.294 e. The molecule has 0 amide bonds. The van der Waals surface area contributed by atoms with E-state index in [4.69, 9.17) is 11.6 Å². The second-order valence-electron chi connectivity index (χ2n) is 7.02. The number of carbonyl (C=O) groups excluding carboxylic acids is 1. The number of nitrogens with one attached hydrogen (secondary N) is 2. The molecule has 1 aliphatic carbocycles. The Morgan fingerprint density at radius 2 is 2.14 bits per heavy atom. The Bertz CT molecular complexity index is 1220. The van der Waals surface area contributed by atoms with Gasteiger partial charge < -0.3 is 0 Å². The fourth-order valence-corrected chi connectivity index (χ4v) is 4.03. The lowest BCUT2D eigenvalue weighted by Gasteiger charge is -2.11. The minimum absolute atomic E-state index is 0.0806. The van der Waals surface area contributed by atoms with Crippen molar-refractivity contribution in [3.8, 4) is 0 Å². The zero-order valence-electron chi connectivity index (χ0n) is 15.5. The molecule has 29 heavy (non-hydrogen) atoms. The van der Waals surface area contributed by atoms with Gasteiger partial charge in [-0.15, -0.1) is 0 Å². The van der Waals surface area contributed by atoms with E-state index in [-0.39, 0.29) is 28.4 Å². The van der Waals surface area contributed by atoms with Gasteiger partial charge in [0.25, 0.3) is 0 Å². The zero-order valence-corrected chi connectivity index (χ0v) is 17.1. The molecule has 0 saturated heterocycles. The van der Waals surface area contributed by atoms with Crippen LogP contribution < -0.4 is 4.72 Å². The Labute approximate surface area is 171 Å². The number of rotatable bonds is 7. The summed E-state index contributed by atoms with van der Waals surface area (Å²) in [6.07, 6.45) is 3.56. The number of Topliss-reactive ketones (excluding diaryl/α,β-unsaturated/α-hetero) is 1. The lowest BCUT2D eigenvalue weighted by atomic mass is 10.0. The normalized spacial score (nSPS) is 14.3. The molecule has 0 spiro atoms. The molecule has 4 rings (SSSR count). The summed E-state index contributed by atoms with van der Waals surface area (Å²) in [5.74, 6) is -1.35. The SMILES string of the molecule is CCS(=O)(=O)Nc1ccc(Cl)c(C(=O)Cc2cnc3n[nH]c(C4CC4)c3c2)c1F. The van der Waals surface area contributed by atoms with Gasteiger partial charge in [0.05, 0.1) is 22.0 Å². The number of ketones is 1. The molecule has 1 aromatic carbocycles. The highest BCUT2D eigenvalue weighted by molar-refractivity contribution is 7.92. The van der Waals surface area contributed by atoms with Crippen LogP contribution in [0.25, 0.3) is 11.0 Å². The number of pyridine rings is 1. The van der Waals surface area contributed by atoms with E-state index in [1.54, 1.807) is 0 Å². The summed E-state index contributed by atoms with van der Waals surface area (Å²) >= 11 is 6.05. The van der Waals surface area contributed by atoms with Crippen LogP contribution in [-0.4, -0.2) is 35.1 Å². The van der Waals surface area contributed by atoms with Crippen LogP contribution in [0.3, 0.4) is 0 Å². The number of nitrogens with zero attached hydrogens (tertiary/aromatic N) is 2. The predicted octanol–water partition coefficient (Wildman–Crippen LogP) is 3.81. The van der Waals surface area contributed by atoms with Gasteiger partial charge in [0, 0.05) is 29.6 Å². The Kier molecular flexibility index (Phi) is 5.04. The van der Waals surface area contributed by atoms with Crippen LogP contribution >= 0.6 is 11.6 Å². The van der Waals surface area contributed by atoms with E-state index in [1.165, 1.54) is 25.3 Å². The summed E-state index contributed by atoms with van der Waals surface area (Å²) in [6.45, 7) is 1.43. The number of halogens is 2. The molecule has 0 unspecified atom stereocenters. The first kappa shape index (κ1) is 19.8. The first-order chi connectivity index (χ1) is 13.8. The number of benzene rings is 1. The Balaban J connectivity index is 1.64. The first-order valence-electron chi connectivity index (χ1n) is 9.13. The molecule has 3 aromatic rings. The maximum atomic E-state index is 14.9. The fraction of sp³-hybridized carbons (Fsp3) is 0.316. The van der Waals surface area contributed by atoms with E-state index in [1.807, 2.05) is 6.07 Å². The number of H-pyrrole nitrogens is 1. The molecule has 2 heterocycles. The number of aromatic amines is 1. The third-order valence-corrected chi connectivity index (χ3v) is 6.47. The van der Waals surface area contributed by atoms with Gasteiger partial charge >= 0.3 is 0 Å². The molecule has 2 aromatic heterocycles. The third-order valence-electron chi connectivity index (χ3n) is 4.86. The smallest absolute Gasteiger partial charge is 0.232 e. The summed E-state index contributed by atoms with van der Waals surface area (Å²) in [5.41, 5.74) is 1.52. The van der Waals surface area contributed by atoms with Crippen molar-refractivity contribution in [1.82, 2.24) is 15.2 Å². The minimum Gasteiger partial charge on any atom is -0.294 e. The number of aromatic nitrogens is 3. The van der Waals surface area contributed by atoms with Gasteiger partial charge in [0.15, 0.2) is 17.2 Å². The van der Waals surface area contributed by atoms with E-state index in [9.17, 15) is 17.6 Å². The van der Waals surface area contributed by atoms with Crippen molar-refractivity contribution in [3.63, 3.8) is 0 Å². The van der Waals surface area contributed by atoms with Crippen molar-refractivity contribution in [3.05, 3.63) is 52.1 Å². The molecule has 152 valence electrons. The second kappa shape index (κ2) is 7.38. The van der Waals surface area contributed by atoms with E-state index >= 15 is 0 Å². The fourth-order valence-electron chi connectivity index (χ4n) is 3.14. The quantitative estimate of drug-likeness (QED) is 0.548. The van der Waals surface area contributed by atoms with Crippen molar-refractivity contribution in [2.45, 2.75) is 32.1 Å². The van der Waals surface area contributed by atoms with Crippen LogP contribution in [-0.2, 0) is 16.4 Å². The molecular weight excluding hydrogens is 419 g/mol. The van der Waals surface area contributed by atoms with Crippen LogP contribution in [0.2, 0.25) is 5.02 Å². The molecule has 0 bridgehead atoms. The number of hydrogen-bond acceptors (Lipinski definition) is 5. The number of anilines is 1. The Morgan fingerprint density at radius 3 is 2.83 bits per heavy atom. The molecule has 0 atom stereocenters. The highest BCUT2D eigenvalue weighted by Gasteiger charge is 2.28. The first-order valence-corrected chi connectivity index (χ1v) is 11.2. The zero-order chi connectivity index (χ0) is 20.8. The summed E-state index contributed by atoms with van der Waals surface area (Å²) in [6, 6.07) is 4.32. The summed E-state index contributed by atoms with van der Waals surface area (Å²) in [4.78, 5) is 17.1. The summed E-state index contributed by atoms with van der Waals surface area (Å²) in [7, 11) is -3.70. The molecular formula is C19H18ClFN4O3S. The van der Waals surface area contributed by atoms with Crippen LogP contribution in [0, 0.1) is 5.82 Å². The van der Waals surface area contributed by atoms with Crippen molar-refractivity contribution in [2.75, 3.05) is 10.5 Å². The van der Waals surface area contributed by atoms with Crippen molar-refractivity contribution >= 4 is 44.1 Å². The molecule has 1 aliphatic rings. The highest BCUT2D eigenvalue weighted by Crippen LogP contribution is 2.41. The van der Waals surface area contributed by atoms with Crippen molar-refractivity contribution < 1.29 is 17.6 Å². The number of carbonyl (C=O) groups is 1. The molecule has 7 nitrogen and oxygen atoms in total. The third kappa shape index (κ3) is 3.97. The lowest BCUT2D eigenvalue weighted by molar-refractivity contribution is 0.0989. The van der Waals surface area contributed by atoms with Gasteiger partial charge in [0.1, 0.15) is 0 Å². The van der Waals surface area contributed by atoms with E-state index < -0.39 is 21.6 Å². The van der Waals surface area contributed by atoms with Crippen LogP contribution in [0.4, 0.5) is 10.1 Å². The topological polar surface area (TPSA) is 105 Å². The average molecular weight is 437 g/mol. The maximum Gasteiger partial charge on any atom is 0.232 e. The Hall–Kier alpha value is -2.52. The second-order valence-corrected chi connectivity index (χ2v) is 9.43. The maximum absolute atomic E-state index is 14.9. The molecule has 1 fully saturated rings. The van der Waals surface area contributed by atoms with Crippen molar-refractivity contribution in [1.29, 1.82) is 0 Å². The van der Waals surface area contributed by atoms with Gasteiger partial charge in [-0.2, -0.15) is 5.10 Å². The highest BCUT2D eigenvalue weighted by atomic mass is 35.5. The van der Waals surface area contributed by atoms with E-state index in [0.717, 1.165) is 23.9 Å². The van der Waals surface area contributed by atoms with Gasteiger partial charge in [-0.05, 0) is 43.5 Å². The molecule has 0 aliphatic heterocycles. The monoisotopic (exact) mass is 436 g/mol. The molecule has 0 radical (unpaired) electrons. The van der Waals surface area contributed by atoms with Crippen LogP contribution in [0.1, 0.15) is 47.3 Å². The number of fused-ring (bicyclic) bond motifs is 1. The van der Waals surface area contributed by atoms with Crippen LogP contribution in [0.5, 0.6) is 0 Å². The summed E-state index contributed by atoms with van der Waals surface area (Å²) < 4.78 is 40.5. The van der Waals surface area contributed by atoms with E-state index in [0.29, 0.717) is 17.1 Å². The van der Waals surface area contributed by atoms with Gasteiger partial charge in [-0.25, -0.2) is 17.8 Å². The van der Waals surface area contributed by atoms with Gasteiger partial charge in [0.2, 0.25) is 10.0 Å². The molecule has 10 heteroatoms. The number of sulfonamides is 1. The van der Waals surface area contributed by atoms with E-state index in [2.05, 4.69) is 19.9 Å². The van der Waals surface area contributed by atoms with Crippen LogP contribution in [0.15, 0.2) is 24.4 Å². The predicted molar refractivity (Wildman–Crippen MR) is 108 cm³/mol. The number of hydrogen-bond donors (Lipinski definition) is 2. The van der Waals surface area contributed by atoms with Crippen molar-refractivity contribution in [2.24, 2.45) is 0 Å². The summed E-state index contributed by atoms with van der Waals surface area (Å²) in [5, 5.41) is 7.94. The standard InChI is InChI=1S/C19H18ClFN4O3S/c1-2-29(27,28)25-14-6-5-13(20)16(17(14)21)15(26)8-10-7-12-18(11-3-4-11)23-24-19(12)22-9-10/h5-7,9,11,25H,2-4,8H2,1H3,(H,22,23,24). The molecule has 1 saturated carbocycles. The Morgan fingerprint density at radius 1 is 1.38 bits per heavy atom.